The van der Waals surface area contributed by atoms with Crippen molar-refractivity contribution in [2.45, 2.75) is 103 Å². The highest BCUT2D eigenvalue weighted by atomic mass is 16.3. The maximum Gasteiger partial charge on any atom is 0.105 e. The number of hydrogen-bond acceptors (Lipinski definition) is 2. The van der Waals surface area contributed by atoms with Crippen molar-refractivity contribution in [3.63, 3.8) is 0 Å². The summed E-state index contributed by atoms with van der Waals surface area (Å²) in [4.78, 5) is 0. The van der Waals surface area contributed by atoms with Crippen LogP contribution in [0.25, 0.3) is 0 Å². The SMILES string of the molecule is CCCCC[C@@H](O)/C=C\CCCCCCCCCCC#CC#CCO. The molecular weight excluding hydrogens is 308 g/mol. The summed E-state index contributed by atoms with van der Waals surface area (Å²) in [6, 6.07) is 0. The third-order valence-electron chi connectivity index (χ3n) is 4.20. The molecule has 25 heavy (non-hydrogen) atoms. The largest absolute Gasteiger partial charge is 0.389 e. The Bertz CT molecular complexity index is 417. The fraction of sp³-hybridized carbons (Fsp3) is 0.739. The molecule has 2 heteroatoms. The van der Waals surface area contributed by atoms with Crippen LogP contribution >= 0.6 is 0 Å². The van der Waals surface area contributed by atoms with Gasteiger partial charge in [0.15, 0.2) is 0 Å². The Balaban J connectivity index is 3.26. The molecule has 0 spiro atoms. The first-order valence-corrected chi connectivity index (χ1v) is 10.2. The quantitative estimate of drug-likeness (QED) is 0.237. The highest BCUT2D eigenvalue weighted by Gasteiger charge is 1.97. The molecule has 0 bridgehead atoms. The van der Waals surface area contributed by atoms with Crippen LogP contribution in [0, 0.1) is 23.7 Å². The molecule has 0 saturated heterocycles. The van der Waals surface area contributed by atoms with Crippen molar-refractivity contribution in [2.75, 3.05) is 6.61 Å². The third kappa shape index (κ3) is 20.7. The number of rotatable bonds is 15. The van der Waals surface area contributed by atoms with Crippen molar-refractivity contribution < 1.29 is 10.2 Å². The molecule has 0 aliphatic carbocycles. The molecule has 0 aliphatic rings. The zero-order valence-electron chi connectivity index (χ0n) is 16.2. The van der Waals surface area contributed by atoms with Crippen molar-refractivity contribution in [3.8, 4) is 23.7 Å². The average molecular weight is 347 g/mol. The first kappa shape index (κ1) is 23.8. The Kier molecular flexibility index (Phi) is 19.8. The maximum absolute atomic E-state index is 9.78. The van der Waals surface area contributed by atoms with Crippen molar-refractivity contribution in [2.24, 2.45) is 0 Å². The third-order valence-corrected chi connectivity index (χ3v) is 4.20. The highest BCUT2D eigenvalue weighted by molar-refractivity contribution is 5.25. The zero-order valence-corrected chi connectivity index (χ0v) is 16.2. The molecule has 0 saturated carbocycles. The van der Waals surface area contributed by atoms with Gasteiger partial charge < -0.3 is 10.2 Å². The van der Waals surface area contributed by atoms with Gasteiger partial charge in [-0.15, -0.1) is 0 Å². The van der Waals surface area contributed by atoms with E-state index >= 15 is 0 Å². The van der Waals surface area contributed by atoms with Crippen molar-refractivity contribution in [1.82, 2.24) is 0 Å². The minimum Gasteiger partial charge on any atom is -0.389 e. The fourth-order valence-electron chi connectivity index (χ4n) is 2.68. The van der Waals surface area contributed by atoms with Gasteiger partial charge in [0.25, 0.3) is 0 Å². The van der Waals surface area contributed by atoms with Gasteiger partial charge in [-0.05, 0) is 37.5 Å². The molecule has 0 unspecified atom stereocenters. The highest BCUT2D eigenvalue weighted by Crippen LogP contribution is 2.11. The first-order chi connectivity index (χ1) is 12.3. The summed E-state index contributed by atoms with van der Waals surface area (Å²) in [5.41, 5.74) is 0. The normalized spacial score (nSPS) is 11.6. The minimum atomic E-state index is -0.238. The summed E-state index contributed by atoms with van der Waals surface area (Å²) in [7, 11) is 0. The van der Waals surface area contributed by atoms with Gasteiger partial charge in [0.1, 0.15) is 6.61 Å². The molecule has 0 radical (unpaired) electrons. The van der Waals surface area contributed by atoms with E-state index in [0.29, 0.717) is 0 Å². The lowest BCUT2D eigenvalue weighted by Crippen LogP contribution is -2.01. The average Bonchev–Trinajstić information content (AvgIpc) is 2.61. The molecule has 0 heterocycles. The molecule has 0 fully saturated rings. The second kappa shape index (κ2) is 20.8. The van der Waals surface area contributed by atoms with Crippen LogP contribution in [0.15, 0.2) is 12.2 Å². The summed E-state index contributed by atoms with van der Waals surface area (Å²) < 4.78 is 0. The predicted molar refractivity (Wildman–Crippen MR) is 108 cm³/mol. The van der Waals surface area contributed by atoms with E-state index in [0.717, 1.165) is 32.1 Å². The zero-order chi connectivity index (χ0) is 18.4. The van der Waals surface area contributed by atoms with Crippen LogP contribution in [0.1, 0.15) is 96.8 Å². The van der Waals surface area contributed by atoms with Crippen LogP contribution in [0.4, 0.5) is 0 Å². The van der Waals surface area contributed by atoms with Crippen LogP contribution in [-0.2, 0) is 0 Å². The summed E-state index contributed by atoms with van der Waals surface area (Å²) in [5, 5.41) is 18.3. The van der Waals surface area contributed by atoms with E-state index < -0.39 is 0 Å². The molecule has 1 atom stereocenters. The number of aliphatic hydroxyl groups excluding tert-OH is 2. The molecule has 142 valence electrons. The summed E-state index contributed by atoms with van der Waals surface area (Å²) >= 11 is 0. The van der Waals surface area contributed by atoms with Gasteiger partial charge in [-0.1, -0.05) is 88.7 Å². The van der Waals surface area contributed by atoms with Gasteiger partial charge in [0, 0.05) is 6.42 Å². The van der Waals surface area contributed by atoms with Gasteiger partial charge in [-0.2, -0.15) is 0 Å². The van der Waals surface area contributed by atoms with E-state index in [9.17, 15) is 5.11 Å². The Morgan fingerprint density at radius 3 is 2.12 bits per heavy atom. The van der Waals surface area contributed by atoms with E-state index in [2.05, 4.69) is 36.7 Å². The maximum atomic E-state index is 9.78. The van der Waals surface area contributed by atoms with Crippen molar-refractivity contribution >= 4 is 0 Å². The van der Waals surface area contributed by atoms with Crippen molar-refractivity contribution in [3.05, 3.63) is 12.2 Å². The summed E-state index contributed by atoms with van der Waals surface area (Å²) in [6.07, 6.45) is 20.6. The van der Waals surface area contributed by atoms with Crippen LogP contribution in [-0.4, -0.2) is 22.9 Å². The molecule has 0 amide bonds. The van der Waals surface area contributed by atoms with Gasteiger partial charge >= 0.3 is 0 Å². The second-order valence-corrected chi connectivity index (χ2v) is 6.62. The van der Waals surface area contributed by atoms with Gasteiger partial charge in [-0.25, -0.2) is 0 Å². The Hall–Kier alpha value is -1.22. The molecular formula is C23H38O2. The Morgan fingerprint density at radius 2 is 1.44 bits per heavy atom. The standard InChI is InChI=1S/C23H38O2/c1-2-3-17-20-23(25)21-18-15-13-11-9-7-5-4-6-8-10-12-14-16-19-22-24/h18,21,23-25H,2-11,13,15,17,20,22H2,1H3/b21-18-/t23-/m1/s1. The van der Waals surface area contributed by atoms with Gasteiger partial charge in [0.2, 0.25) is 0 Å². The van der Waals surface area contributed by atoms with Crippen LogP contribution in [0.5, 0.6) is 0 Å². The van der Waals surface area contributed by atoms with E-state index in [-0.39, 0.29) is 12.7 Å². The molecule has 0 aromatic rings. The molecule has 0 aromatic heterocycles. The summed E-state index contributed by atoms with van der Waals surface area (Å²) in [6.45, 7) is 2.08. The topological polar surface area (TPSA) is 40.5 Å². The molecule has 0 aromatic carbocycles. The first-order valence-electron chi connectivity index (χ1n) is 10.2. The Morgan fingerprint density at radius 1 is 0.800 bits per heavy atom. The van der Waals surface area contributed by atoms with Crippen LogP contribution in [0.3, 0.4) is 0 Å². The van der Waals surface area contributed by atoms with E-state index in [1.54, 1.807) is 0 Å². The van der Waals surface area contributed by atoms with Gasteiger partial charge in [-0.3, -0.25) is 0 Å². The number of hydrogen-bond donors (Lipinski definition) is 2. The molecule has 2 nitrogen and oxygen atoms in total. The monoisotopic (exact) mass is 346 g/mol. The van der Waals surface area contributed by atoms with Crippen LogP contribution in [0.2, 0.25) is 0 Å². The van der Waals surface area contributed by atoms with Crippen LogP contribution < -0.4 is 0 Å². The van der Waals surface area contributed by atoms with E-state index in [1.807, 2.05) is 6.08 Å². The van der Waals surface area contributed by atoms with E-state index in [4.69, 9.17) is 5.11 Å². The molecule has 0 aliphatic heterocycles. The lowest BCUT2D eigenvalue weighted by molar-refractivity contribution is 0.208. The number of unbranched alkanes of at least 4 members (excludes halogenated alkanes) is 11. The second-order valence-electron chi connectivity index (χ2n) is 6.62. The Labute approximate surface area is 156 Å². The minimum absolute atomic E-state index is 0.105. The number of aliphatic hydroxyl groups is 2. The lowest BCUT2D eigenvalue weighted by atomic mass is 10.1. The summed E-state index contributed by atoms with van der Waals surface area (Å²) in [5.74, 6) is 10.9. The lowest BCUT2D eigenvalue weighted by Gasteiger charge is -2.04. The van der Waals surface area contributed by atoms with Gasteiger partial charge in [0.05, 0.1) is 6.10 Å². The van der Waals surface area contributed by atoms with E-state index in [1.165, 1.54) is 57.8 Å². The molecule has 0 rings (SSSR count). The van der Waals surface area contributed by atoms with Crippen molar-refractivity contribution in [1.29, 1.82) is 0 Å². The smallest absolute Gasteiger partial charge is 0.105 e. The molecule has 2 N–H and O–H groups in total. The fourth-order valence-corrected chi connectivity index (χ4v) is 2.68. The number of allylic oxidation sites excluding steroid dienone is 1. The predicted octanol–water partition coefficient (Wildman–Crippen LogP) is 5.38.